The van der Waals surface area contributed by atoms with Crippen molar-refractivity contribution >= 4 is 29.0 Å². The molecule has 2 heterocycles. The van der Waals surface area contributed by atoms with Gasteiger partial charge in [-0.2, -0.15) is 0 Å². The average molecular weight is 328 g/mol. The molecule has 0 aliphatic carbocycles. The predicted octanol–water partition coefficient (Wildman–Crippen LogP) is 3.30. The van der Waals surface area contributed by atoms with Crippen molar-refractivity contribution in [2.45, 2.75) is 19.8 Å². The summed E-state index contributed by atoms with van der Waals surface area (Å²) < 4.78 is 28.3. The highest BCUT2D eigenvalue weighted by Gasteiger charge is 2.19. The van der Waals surface area contributed by atoms with Gasteiger partial charge in [0.15, 0.2) is 0 Å². The lowest BCUT2D eigenvalue weighted by Crippen LogP contribution is -2.43. The second-order valence-electron chi connectivity index (χ2n) is 5.37. The molecule has 22 heavy (non-hydrogen) atoms. The van der Waals surface area contributed by atoms with E-state index in [1.54, 1.807) is 0 Å². The van der Waals surface area contributed by atoms with Crippen LogP contribution in [-0.4, -0.2) is 31.2 Å². The van der Waals surface area contributed by atoms with E-state index in [1.165, 1.54) is 6.07 Å². The summed E-state index contributed by atoms with van der Waals surface area (Å²) in [4.78, 5) is 6.44. The van der Waals surface area contributed by atoms with Crippen LogP contribution in [0.1, 0.15) is 19.0 Å². The fourth-order valence-electron chi connectivity index (χ4n) is 2.84. The number of hydrogen-bond acceptors (Lipinski definition) is 3. The lowest BCUT2D eigenvalue weighted by molar-refractivity contribution is 0.586. The van der Waals surface area contributed by atoms with Gasteiger partial charge in [-0.05, 0) is 24.6 Å². The monoisotopic (exact) mass is 327 g/mol. The van der Waals surface area contributed by atoms with Crippen LogP contribution in [0.25, 0.3) is 10.9 Å². The average Bonchev–Trinajstić information content (AvgIpc) is 2.51. The van der Waals surface area contributed by atoms with Crippen molar-refractivity contribution in [1.29, 1.82) is 0 Å². The van der Waals surface area contributed by atoms with Gasteiger partial charge in [-0.3, -0.25) is 0 Å². The second kappa shape index (κ2) is 7.20. The number of nitrogens with one attached hydrogen (secondary N) is 1. The maximum absolute atomic E-state index is 14.3. The number of rotatable bonds is 3. The third kappa shape index (κ3) is 3.15. The summed E-state index contributed by atoms with van der Waals surface area (Å²) in [5, 5.41) is 3.58. The fraction of sp³-hybridized carbons (Fsp3) is 0.438. The molecular formula is C16H20ClF2N3. The van der Waals surface area contributed by atoms with Crippen LogP contribution in [-0.2, 0) is 6.42 Å². The summed E-state index contributed by atoms with van der Waals surface area (Å²) in [6.45, 7) is 5.34. The number of aryl methyl sites for hydroxylation is 1. The first-order valence-corrected chi connectivity index (χ1v) is 7.44. The number of anilines is 1. The van der Waals surface area contributed by atoms with E-state index >= 15 is 0 Å². The SMILES string of the molecule is CCCc1cc(N2CCNCC2)c2c(F)ccc(F)c2n1.Cl. The van der Waals surface area contributed by atoms with E-state index in [0.717, 1.165) is 56.5 Å². The lowest BCUT2D eigenvalue weighted by atomic mass is 10.1. The molecule has 0 atom stereocenters. The van der Waals surface area contributed by atoms with Gasteiger partial charge in [-0.1, -0.05) is 13.3 Å². The Balaban J connectivity index is 0.00000176. The van der Waals surface area contributed by atoms with Crippen LogP contribution in [0.15, 0.2) is 18.2 Å². The van der Waals surface area contributed by atoms with E-state index in [-0.39, 0.29) is 17.9 Å². The molecule has 0 unspecified atom stereocenters. The quantitative estimate of drug-likeness (QED) is 0.937. The van der Waals surface area contributed by atoms with Gasteiger partial charge >= 0.3 is 0 Å². The highest BCUT2D eigenvalue weighted by molar-refractivity contribution is 5.93. The summed E-state index contributed by atoms with van der Waals surface area (Å²) >= 11 is 0. The first kappa shape index (κ1) is 16.9. The first-order valence-electron chi connectivity index (χ1n) is 7.44. The van der Waals surface area contributed by atoms with Crippen molar-refractivity contribution in [3.63, 3.8) is 0 Å². The molecule has 0 bridgehead atoms. The zero-order chi connectivity index (χ0) is 14.8. The van der Waals surface area contributed by atoms with Crippen molar-refractivity contribution in [3.8, 4) is 0 Å². The van der Waals surface area contributed by atoms with Gasteiger partial charge in [0.25, 0.3) is 0 Å². The summed E-state index contributed by atoms with van der Waals surface area (Å²) in [6.07, 6.45) is 1.70. The Morgan fingerprint density at radius 1 is 1.18 bits per heavy atom. The smallest absolute Gasteiger partial charge is 0.149 e. The molecule has 1 aliphatic heterocycles. The Kier molecular flexibility index (Phi) is 5.53. The van der Waals surface area contributed by atoms with Crippen LogP contribution in [0, 0.1) is 11.6 Å². The lowest BCUT2D eigenvalue weighted by Gasteiger charge is -2.30. The Morgan fingerprint density at radius 2 is 1.86 bits per heavy atom. The number of halogens is 3. The van der Waals surface area contributed by atoms with E-state index in [1.807, 2.05) is 6.07 Å². The summed E-state index contributed by atoms with van der Waals surface area (Å²) in [5.41, 5.74) is 1.74. The van der Waals surface area contributed by atoms with E-state index in [9.17, 15) is 8.78 Å². The summed E-state index contributed by atoms with van der Waals surface area (Å²) in [5.74, 6) is -0.865. The minimum absolute atomic E-state index is 0. The van der Waals surface area contributed by atoms with Crippen molar-refractivity contribution in [2.24, 2.45) is 0 Å². The van der Waals surface area contributed by atoms with Crippen molar-refractivity contribution in [2.75, 3.05) is 31.1 Å². The van der Waals surface area contributed by atoms with E-state index in [0.29, 0.717) is 5.39 Å². The Bertz CT molecular complexity index is 657. The topological polar surface area (TPSA) is 28.2 Å². The minimum Gasteiger partial charge on any atom is -0.368 e. The molecule has 1 aromatic heterocycles. The molecule has 0 radical (unpaired) electrons. The third-order valence-electron chi connectivity index (χ3n) is 3.86. The van der Waals surface area contributed by atoms with Crippen LogP contribution < -0.4 is 10.2 Å². The molecule has 6 heteroatoms. The molecule has 1 aliphatic rings. The van der Waals surface area contributed by atoms with Gasteiger partial charge in [0.1, 0.15) is 17.2 Å². The molecule has 120 valence electrons. The van der Waals surface area contributed by atoms with Crippen molar-refractivity contribution in [3.05, 3.63) is 35.5 Å². The Hall–Kier alpha value is -1.46. The van der Waals surface area contributed by atoms with Crippen LogP contribution >= 0.6 is 12.4 Å². The molecule has 0 amide bonds. The minimum atomic E-state index is -0.458. The highest BCUT2D eigenvalue weighted by atomic mass is 35.5. The summed E-state index contributed by atoms with van der Waals surface area (Å²) in [6, 6.07) is 4.26. The van der Waals surface area contributed by atoms with Gasteiger partial charge < -0.3 is 10.2 Å². The molecule has 0 saturated carbocycles. The highest BCUT2D eigenvalue weighted by Crippen LogP contribution is 2.31. The van der Waals surface area contributed by atoms with Gasteiger partial charge in [0.2, 0.25) is 0 Å². The van der Waals surface area contributed by atoms with Crippen LogP contribution in [0.5, 0.6) is 0 Å². The second-order valence-corrected chi connectivity index (χ2v) is 5.37. The first-order chi connectivity index (χ1) is 10.2. The number of benzene rings is 1. The zero-order valence-corrected chi connectivity index (χ0v) is 13.3. The molecule has 0 spiro atoms. The number of fused-ring (bicyclic) bond motifs is 1. The molecule has 1 N–H and O–H groups in total. The van der Waals surface area contributed by atoms with Crippen molar-refractivity contribution < 1.29 is 8.78 Å². The Labute approximate surface area is 135 Å². The number of nitrogens with zero attached hydrogens (tertiary/aromatic N) is 2. The molecule has 1 aromatic carbocycles. The van der Waals surface area contributed by atoms with Gasteiger partial charge in [0.05, 0.1) is 11.1 Å². The standard InChI is InChI=1S/C16H19F2N3.ClH/c1-2-3-11-10-14(21-8-6-19-7-9-21)15-12(17)4-5-13(18)16(15)20-11;/h4-5,10,19H,2-3,6-9H2,1H3;1H. The van der Waals surface area contributed by atoms with Crippen LogP contribution in [0.4, 0.5) is 14.5 Å². The molecule has 1 saturated heterocycles. The largest absolute Gasteiger partial charge is 0.368 e. The maximum Gasteiger partial charge on any atom is 0.149 e. The van der Waals surface area contributed by atoms with Crippen LogP contribution in [0.2, 0.25) is 0 Å². The number of pyridine rings is 1. The van der Waals surface area contributed by atoms with E-state index in [4.69, 9.17) is 0 Å². The number of aromatic nitrogens is 1. The molecular weight excluding hydrogens is 308 g/mol. The molecule has 3 rings (SSSR count). The zero-order valence-electron chi connectivity index (χ0n) is 12.5. The number of hydrogen-bond donors (Lipinski definition) is 1. The van der Waals surface area contributed by atoms with Gasteiger partial charge in [-0.15, -0.1) is 12.4 Å². The normalized spacial score (nSPS) is 15.0. The van der Waals surface area contributed by atoms with E-state index < -0.39 is 11.6 Å². The van der Waals surface area contributed by atoms with Gasteiger partial charge in [0, 0.05) is 31.9 Å². The predicted molar refractivity (Wildman–Crippen MR) is 88.0 cm³/mol. The van der Waals surface area contributed by atoms with Crippen molar-refractivity contribution in [1.82, 2.24) is 10.3 Å². The molecule has 3 nitrogen and oxygen atoms in total. The molecule has 2 aromatic rings. The fourth-order valence-corrected chi connectivity index (χ4v) is 2.84. The number of piperazine rings is 1. The third-order valence-corrected chi connectivity index (χ3v) is 3.86. The molecule has 1 fully saturated rings. The Morgan fingerprint density at radius 3 is 2.55 bits per heavy atom. The van der Waals surface area contributed by atoms with Crippen LogP contribution in [0.3, 0.4) is 0 Å². The van der Waals surface area contributed by atoms with Gasteiger partial charge in [-0.25, -0.2) is 13.8 Å². The van der Waals surface area contributed by atoms with E-state index in [2.05, 4.69) is 22.1 Å². The maximum atomic E-state index is 14.3. The summed E-state index contributed by atoms with van der Waals surface area (Å²) in [7, 11) is 0.